The van der Waals surface area contributed by atoms with Crippen molar-refractivity contribution in [2.24, 2.45) is 20.5 Å². The number of esters is 2. The van der Waals surface area contributed by atoms with E-state index in [2.05, 4.69) is 34.3 Å². The Bertz CT molecular complexity index is 1690. The number of rotatable bonds is 28. The number of benzene rings is 4. The second kappa shape index (κ2) is 27.3. The average Bonchev–Trinajstić information content (AvgIpc) is 3.25. The fraction of sp³-hybridized carbons (Fsp3) is 0.458. The van der Waals surface area contributed by atoms with E-state index in [1.165, 1.54) is 64.2 Å². The van der Waals surface area contributed by atoms with E-state index in [0.717, 1.165) is 24.3 Å². The van der Waals surface area contributed by atoms with E-state index in [1.54, 1.807) is 62.4 Å². The zero-order valence-corrected chi connectivity index (χ0v) is 35.4. The van der Waals surface area contributed by atoms with Gasteiger partial charge in [-0.2, -0.15) is 20.5 Å². The molecule has 0 spiro atoms. The molecule has 4 aromatic rings. The van der Waals surface area contributed by atoms with Crippen molar-refractivity contribution in [3.8, 4) is 11.5 Å². The third-order valence-corrected chi connectivity index (χ3v) is 9.30. The van der Waals surface area contributed by atoms with Gasteiger partial charge in [0.15, 0.2) is 0 Å². The molecule has 11 heteroatoms. The molecule has 0 fully saturated rings. The predicted octanol–water partition coefficient (Wildman–Crippen LogP) is 13.8. The summed E-state index contributed by atoms with van der Waals surface area (Å²) < 4.78 is 28.4. The maximum absolute atomic E-state index is 12.7. The van der Waals surface area contributed by atoms with Gasteiger partial charge >= 0.3 is 11.9 Å². The van der Waals surface area contributed by atoms with Crippen LogP contribution in [0.2, 0.25) is 0 Å². The summed E-state index contributed by atoms with van der Waals surface area (Å²) in [5.41, 5.74) is 3.38. The number of ether oxygens (including phenoxy) is 5. The van der Waals surface area contributed by atoms with Gasteiger partial charge in [-0.05, 0) is 124 Å². The highest BCUT2D eigenvalue weighted by Crippen LogP contribution is 2.24. The van der Waals surface area contributed by atoms with Crippen LogP contribution in [-0.4, -0.2) is 50.6 Å². The highest BCUT2D eigenvalue weighted by Gasteiger charge is 2.16. The van der Waals surface area contributed by atoms with Crippen LogP contribution in [0.5, 0.6) is 11.5 Å². The van der Waals surface area contributed by atoms with E-state index in [4.69, 9.17) is 23.7 Å². The molecule has 4 aromatic carbocycles. The van der Waals surface area contributed by atoms with Crippen LogP contribution in [0.3, 0.4) is 0 Å². The van der Waals surface area contributed by atoms with Gasteiger partial charge < -0.3 is 23.7 Å². The van der Waals surface area contributed by atoms with E-state index in [0.29, 0.717) is 47.1 Å². The molecule has 2 atom stereocenters. The summed E-state index contributed by atoms with van der Waals surface area (Å²) in [5.74, 6) is 0.674. The van der Waals surface area contributed by atoms with Gasteiger partial charge in [0.2, 0.25) is 0 Å². The molecule has 0 saturated carbocycles. The van der Waals surface area contributed by atoms with E-state index in [1.807, 2.05) is 48.5 Å². The Morgan fingerprint density at radius 2 is 0.746 bits per heavy atom. The van der Waals surface area contributed by atoms with Crippen molar-refractivity contribution in [3.05, 3.63) is 108 Å². The second-order valence-corrected chi connectivity index (χ2v) is 14.7. The van der Waals surface area contributed by atoms with Crippen molar-refractivity contribution < 1.29 is 33.3 Å². The lowest BCUT2D eigenvalue weighted by Gasteiger charge is -2.17. The minimum atomic E-state index is -0.523. The molecule has 0 saturated heterocycles. The largest absolute Gasteiger partial charge is 0.494 e. The molecule has 0 bridgehead atoms. The van der Waals surface area contributed by atoms with Gasteiger partial charge in [-0.15, -0.1) is 0 Å². The number of unbranched alkanes of at least 4 members (excludes halogenated alkanes) is 10. The maximum Gasteiger partial charge on any atom is 0.338 e. The Hall–Kier alpha value is -5.42. The summed E-state index contributed by atoms with van der Waals surface area (Å²) in [4.78, 5) is 25.4. The Balaban J connectivity index is 1.09. The third kappa shape index (κ3) is 18.8. The first-order chi connectivity index (χ1) is 28.8. The van der Waals surface area contributed by atoms with Crippen molar-refractivity contribution in [2.75, 3.05) is 26.4 Å². The average molecular weight is 807 g/mol. The highest BCUT2D eigenvalue weighted by atomic mass is 16.6. The van der Waals surface area contributed by atoms with Crippen LogP contribution in [0, 0.1) is 0 Å². The molecule has 0 unspecified atom stereocenters. The Morgan fingerprint density at radius 1 is 0.441 bits per heavy atom. The third-order valence-electron chi connectivity index (χ3n) is 9.30. The minimum Gasteiger partial charge on any atom is -0.494 e. The van der Waals surface area contributed by atoms with E-state index in [9.17, 15) is 9.59 Å². The van der Waals surface area contributed by atoms with Crippen LogP contribution in [-0.2, 0) is 14.2 Å². The Labute approximate surface area is 350 Å². The van der Waals surface area contributed by atoms with Gasteiger partial charge in [0.25, 0.3) is 0 Å². The zero-order valence-electron chi connectivity index (χ0n) is 35.4. The SMILES string of the molecule is CCCCCCCCOc1ccc(N=Nc2ccc(C(=O)O[C@H](C)COC[C@@H](C)OC(=O)c3ccc(N=Nc4ccc(OCCCCCCCC)cc4)cc3)cc2)cc1. The number of azo groups is 2. The number of hydrogen-bond acceptors (Lipinski definition) is 11. The smallest absolute Gasteiger partial charge is 0.338 e. The van der Waals surface area contributed by atoms with E-state index >= 15 is 0 Å². The van der Waals surface area contributed by atoms with Gasteiger partial charge in [0.05, 0.1) is 60.3 Å². The molecule has 0 radical (unpaired) electrons. The van der Waals surface area contributed by atoms with Crippen molar-refractivity contribution in [1.82, 2.24) is 0 Å². The molecule has 11 nitrogen and oxygen atoms in total. The fourth-order valence-electron chi connectivity index (χ4n) is 5.89. The lowest BCUT2D eigenvalue weighted by atomic mass is 10.1. The van der Waals surface area contributed by atoms with Crippen LogP contribution in [0.4, 0.5) is 22.7 Å². The molecule has 0 N–H and O–H groups in total. The van der Waals surface area contributed by atoms with Crippen LogP contribution in [0.25, 0.3) is 0 Å². The van der Waals surface area contributed by atoms with Crippen molar-refractivity contribution >= 4 is 34.7 Å². The van der Waals surface area contributed by atoms with Gasteiger partial charge in [-0.1, -0.05) is 78.1 Å². The van der Waals surface area contributed by atoms with Gasteiger partial charge in [0, 0.05) is 0 Å². The van der Waals surface area contributed by atoms with E-state index in [-0.39, 0.29) is 13.2 Å². The number of carbonyl (C=O) groups excluding carboxylic acids is 2. The monoisotopic (exact) mass is 806 g/mol. The maximum atomic E-state index is 12.7. The number of hydrogen-bond donors (Lipinski definition) is 0. The van der Waals surface area contributed by atoms with E-state index < -0.39 is 24.1 Å². The number of nitrogens with zero attached hydrogens (tertiary/aromatic N) is 4. The molecule has 0 aliphatic rings. The summed E-state index contributed by atoms with van der Waals surface area (Å²) in [6, 6.07) is 28.5. The van der Waals surface area contributed by atoms with Crippen LogP contribution < -0.4 is 9.47 Å². The van der Waals surface area contributed by atoms with Gasteiger partial charge in [-0.25, -0.2) is 9.59 Å². The van der Waals surface area contributed by atoms with Crippen LogP contribution >= 0.6 is 0 Å². The molecule has 0 aliphatic carbocycles. The molecule has 0 aliphatic heterocycles. The first-order valence-corrected chi connectivity index (χ1v) is 21.3. The molecule has 0 amide bonds. The Morgan fingerprint density at radius 3 is 1.08 bits per heavy atom. The minimum absolute atomic E-state index is 0.136. The van der Waals surface area contributed by atoms with Crippen LogP contribution in [0.1, 0.15) is 125 Å². The molecule has 4 rings (SSSR count). The Kier molecular flexibility index (Phi) is 21.4. The quantitative estimate of drug-likeness (QED) is 0.0317. The van der Waals surface area contributed by atoms with Crippen molar-refractivity contribution in [2.45, 2.75) is 117 Å². The molecule has 59 heavy (non-hydrogen) atoms. The molecular weight excluding hydrogens is 745 g/mol. The lowest BCUT2D eigenvalue weighted by Crippen LogP contribution is -2.25. The number of carbonyl (C=O) groups is 2. The predicted molar refractivity (Wildman–Crippen MR) is 232 cm³/mol. The molecular formula is C48H62N4O7. The summed E-state index contributed by atoms with van der Waals surface area (Å²) in [6.45, 7) is 9.62. The van der Waals surface area contributed by atoms with Crippen molar-refractivity contribution in [3.63, 3.8) is 0 Å². The molecule has 0 heterocycles. The standard InChI is InChI=1S/C48H62N4O7/c1-5-7-9-11-13-15-33-56-45-29-25-43(26-30-45)51-49-41-21-17-39(18-22-41)47(53)58-37(3)35-55-36-38(4)59-48(54)40-19-23-42(24-20-40)50-52-44-27-31-46(32-28-44)57-34-16-14-12-10-8-6-2/h17-32,37-38H,5-16,33-36H2,1-4H3/t37-,38-/m1/s1. The second-order valence-electron chi connectivity index (χ2n) is 14.7. The summed E-state index contributed by atoms with van der Waals surface area (Å²) in [6.07, 6.45) is 13.7. The first kappa shape index (κ1) is 46.3. The van der Waals surface area contributed by atoms with Crippen molar-refractivity contribution in [1.29, 1.82) is 0 Å². The summed E-state index contributed by atoms with van der Waals surface area (Å²) in [5, 5.41) is 17.1. The topological polar surface area (TPSA) is 130 Å². The normalized spacial score (nSPS) is 12.4. The zero-order chi connectivity index (χ0) is 41.9. The first-order valence-electron chi connectivity index (χ1n) is 21.3. The van der Waals surface area contributed by atoms with Gasteiger partial charge in [0.1, 0.15) is 23.7 Å². The molecule has 316 valence electrons. The lowest BCUT2D eigenvalue weighted by molar-refractivity contribution is -0.0262. The van der Waals surface area contributed by atoms with Gasteiger partial charge in [-0.3, -0.25) is 0 Å². The fourth-order valence-corrected chi connectivity index (χ4v) is 5.89. The molecule has 0 aromatic heterocycles. The summed E-state index contributed by atoms with van der Waals surface area (Å²) in [7, 11) is 0. The highest BCUT2D eigenvalue weighted by molar-refractivity contribution is 5.90. The van der Waals surface area contributed by atoms with Crippen LogP contribution in [0.15, 0.2) is 118 Å². The summed E-state index contributed by atoms with van der Waals surface area (Å²) >= 11 is 0.